The fourth-order valence-corrected chi connectivity index (χ4v) is 3.41. The molecule has 2 aliphatic rings. The number of rotatable bonds is 7. The van der Waals surface area contributed by atoms with Crippen LogP contribution >= 0.6 is 0 Å². The molecule has 4 heteroatoms. The molecule has 4 nitrogen and oxygen atoms in total. The molecular formula is C18H30O4. The number of hydrogen-bond donors (Lipinski definition) is 1. The lowest BCUT2D eigenvalue weighted by molar-refractivity contribution is 0.0274. The van der Waals surface area contributed by atoms with Crippen LogP contribution in [0.4, 0.5) is 0 Å². The Hall–Kier alpha value is -1.32. The predicted octanol–water partition coefficient (Wildman–Crippen LogP) is 4.82. The van der Waals surface area contributed by atoms with Crippen LogP contribution < -0.4 is 0 Å². The molecule has 2 aliphatic carbocycles. The van der Waals surface area contributed by atoms with Crippen LogP contribution in [-0.4, -0.2) is 23.4 Å². The second kappa shape index (κ2) is 9.65. The van der Waals surface area contributed by atoms with Crippen molar-refractivity contribution < 1.29 is 19.3 Å². The fraction of sp³-hybridized carbons (Fsp3) is 0.778. The van der Waals surface area contributed by atoms with Crippen molar-refractivity contribution >= 4 is 0 Å². The van der Waals surface area contributed by atoms with Crippen LogP contribution in [-0.2, 0) is 14.2 Å². The van der Waals surface area contributed by atoms with Crippen LogP contribution in [0.25, 0.3) is 0 Å². The molecule has 22 heavy (non-hydrogen) atoms. The average molecular weight is 310 g/mol. The van der Waals surface area contributed by atoms with E-state index in [0.717, 1.165) is 37.9 Å². The second-order valence-corrected chi connectivity index (χ2v) is 6.42. The van der Waals surface area contributed by atoms with Crippen molar-refractivity contribution in [3.05, 3.63) is 25.0 Å². The van der Waals surface area contributed by atoms with E-state index in [1.807, 2.05) is 0 Å². The van der Waals surface area contributed by atoms with E-state index in [9.17, 15) is 0 Å². The van der Waals surface area contributed by atoms with Crippen molar-refractivity contribution in [2.24, 2.45) is 5.92 Å². The van der Waals surface area contributed by atoms with Gasteiger partial charge in [-0.2, -0.15) is 0 Å². The summed E-state index contributed by atoms with van der Waals surface area (Å²) in [6.45, 7) is 2.28. The standard InChI is InChI=1S/C18H30O4/c1-2-15-3-5-16(6-4-15)21-13-14-22-18-9-7-17(8-10-18)20-12-11-19/h11-19H,2-10H2,1H3. The summed E-state index contributed by atoms with van der Waals surface area (Å²) in [6, 6.07) is 0. The van der Waals surface area contributed by atoms with Crippen molar-refractivity contribution in [1.82, 2.24) is 0 Å². The van der Waals surface area contributed by atoms with Crippen molar-refractivity contribution in [2.75, 3.05) is 0 Å². The Labute approximate surface area is 134 Å². The smallest absolute Gasteiger partial charge is 0.118 e. The Balaban J connectivity index is 1.55. The summed E-state index contributed by atoms with van der Waals surface area (Å²) in [5, 5.41) is 8.57. The predicted molar refractivity (Wildman–Crippen MR) is 86.2 cm³/mol. The van der Waals surface area contributed by atoms with Gasteiger partial charge in [0, 0.05) is 0 Å². The Kier molecular flexibility index (Phi) is 7.47. The van der Waals surface area contributed by atoms with Crippen LogP contribution in [0, 0.1) is 5.92 Å². The van der Waals surface area contributed by atoms with Crippen molar-refractivity contribution in [3.63, 3.8) is 0 Å². The van der Waals surface area contributed by atoms with Gasteiger partial charge in [0.25, 0.3) is 0 Å². The van der Waals surface area contributed by atoms with E-state index >= 15 is 0 Å². The lowest BCUT2D eigenvalue weighted by atomic mass is 9.86. The topological polar surface area (TPSA) is 47.9 Å². The zero-order valence-electron chi connectivity index (χ0n) is 13.7. The van der Waals surface area contributed by atoms with Gasteiger partial charge < -0.3 is 19.3 Å². The molecule has 0 heterocycles. The number of ether oxygens (including phenoxy) is 3. The Morgan fingerprint density at radius 3 is 1.55 bits per heavy atom. The molecule has 1 N–H and O–H groups in total. The molecule has 0 aromatic heterocycles. The molecule has 0 amide bonds. The van der Waals surface area contributed by atoms with Crippen molar-refractivity contribution in [3.8, 4) is 0 Å². The lowest BCUT2D eigenvalue weighted by Gasteiger charge is -2.28. The zero-order chi connectivity index (χ0) is 15.6. The monoisotopic (exact) mass is 310 g/mol. The van der Waals surface area contributed by atoms with Crippen LogP contribution in [0.5, 0.6) is 0 Å². The summed E-state index contributed by atoms with van der Waals surface area (Å²) in [5.41, 5.74) is 0. The first-order valence-corrected chi connectivity index (χ1v) is 8.72. The molecule has 2 saturated carbocycles. The summed E-state index contributed by atoms with van der Waals surface area (Å²) in [5.74, 6) is 0.901. The molecule has 0 aromatic rings. The van der Waals surface area contributed by atoms with Gasteiger partial charge in [0.15, 0.2) is 0 Å². The van der Waals surface area contributed by atoms with E-state index in [2.05, 4.69) is 6.92 Å². The fourth-order valence-electron chi connectivity index (χ4n) is 3.41. The summed E-state index contributed by atoms with van der Waals surface area (Å²) in [4.78, 5) is 0. The first-order valence-electron chi connectivity index (χ1n) is 8.72. The SMILES string of the molecule is CCC1CCC(OC=COC2CCC(OC=CO)CC2)CC1. The minimum absolute atomic E-state index is 0.206. The van der Waals surface area contributed by atoms with Gasteiger partial charge in [0.2, 0.25) is 0 Å². The summed E-state index contributed by atoms with van der Waals surface area (Å²) in [7, 11) is 0. The second-order valence-electron chi connectivity index (χ2n) is 6.42. The minimum atomic E-state index is 0.206. The van der Waals surface area contributed by atoms with Gasteiger partial charge in [-0.3, -0.25) is 0 Å². The van der Waals surface area contributed by atoms with Gasteiger partial charge in [-0.1, -0.05) is 13.3 Å². The molecule has 0 aliphatic heterocycles. The lowest BCUT2D eigenvalue weighted by Crippen LogP contribution is -2.24. The van der Waals surface area contributed by atoms with E-state index in [1.165, 1.54) is 38.4 Å². The third-order valence-corrected chi connectivity index (χ3v) is 4.92. The molecule has 2 rings (SSSR count). The molecule has 126 valence electrons. The van der Waals surface area contributed by atoms with Gasteiger partial charge in [0.05, 0.1) is 18.3 Å². The van der Waals surface area contributed by atoms with Gasteiger partial charge in [0.1, 0.15) is 25.0 Å². The molecular weight excluding hydrogens is 280 g/mol. The van der Waals surface area contributed by atoms with E-state index in [0.29, 0.717) is 6.10 Å². The van der Waals surface area contributed by atoms with Crippen LogP contribution in [0.2, 0.25) is 0 Å². The van der Waals surface area contributed by atoms with E-state index < -0.39 is 0 Å². The van der Waals surface area contributed by atoms with Crippen LogP contribution in [0.15, 0.2) is 25.0 Å². The molecule has 0 aromatic carbocycles. The maximum atomic E-state index is 8.57. The van der Waals surface area contributed by atoms with Crippen LogP contribution in [0.3, 0.4) is 0 Å². The van der Waals surface area contributed by atoms with Crippen LogP contribution in [0.1, 0.15) is 64.7 Å². The van der Waals surface area contributed by atoms with Gasteiger partial charge in [-0.15, -0.1) is 0 Å². The summed E-state index contributed by atoms with van der Waals surface area (Å²) < 4.78 is 16.9. The first kappa shape index (κ1) is 17.0. The maximum Gasteiger partial charge on any atom is 0.118 e. The Bertz CT molecular complexity index is 337. The summed E-state index contributed by atoms with van der Waals surface area (Å²) >= 11 is 0. The quantitative estimate of drug-likeness (QED) is 0.685. The van der Waals surface area contributed by atoms with Crippen molar-refractivity contribution in [2.45, 2.75) is 83.0 Å². The normalized spacial score (nSPS) is 33.1. The first-order chi connectivity index (χ1) is 10.8. The van der Waals surface area contributed by atoms with E-state index in [4.69, 9.17) is 19.3 Å². The Morgan fingerprint density at radius 2 is 1.14 bits per heavy atom. The largest absolute Gasteiger partial charge is 0.512 e. The number of hydrogen-bond acceptors (Lipinski definition) is 4. The highest BCUT2D eigenvalue weighted by Gasteiger charge is 2.22. The highest BCUT2D eigenvalue weighted by molar-refractivity contribution is 4.78. The number of aliphatic hydroxyl groups is 1. The molecule has 0 atom stereocenters. The van der Waals surface area contributed by atoms with Gasteiger partial charge in [-0.05, 0) is 57.3 Å². The third kappa shape index (κ3) is 5.82. The summed E-state index contributed by atoms with van der Waals surface area (Å²) in [6.07, 6.45) is 16.7. The third-order valence-electron chi connectivity index (χ3n) is 4.92. The molecule has 2 fully saturated rings. The van der Waals surface area contributed by atoms with Crippen molar-refractivity contribution in [1.29, 1.82) is 0 Å². The average Bonchev–Trinajstić information content (AvgIpc) is 2.58. The Morgan fingerprint density at radius 1 is 0.727 bits per heavy atom. The van der Waals surface area contributed by atoms with Gasteiger partial charge >= 0.3 is 0 Å². The molecule has 0 bridgehead atoms. The minimum Gasteiger partial charge on any atom is -0.512 e. The molecule has 0 radical (unpaired) electrons. The van der Waals surface area contributed by atoms with E-state index in [1.54, 1.807) is 12.5 Å². The molecule has 0 unspecified atom stereocenters. The number of aliphatic hydroxyl groups excluding tert-OH is 1. The molecule has 0 saturated heterocycles. The van der Waals surface area contributed by atoms with E-state index in [-0.39, 0.29) is 12.2 Å². The highest BCUT2D eigenvalue weighted by Crippen LogP contribution is 2.28. The van der Waals surface area contributed by atoms with Gasteiger partial charge in [-0.25, -0.2) is 0 Å². The zero-order valence-corrected chi connectivity index (χ0v) is 13.7. The maximum absolute atomic E-state index is 8.57. The highest BCUT2D eigenvalue weighted by atomic mass is 16.5. The molecule has 0 spiro atoms.